The monoisotopic (exact) mass is 408 g/mol. The smallest absolute Gasteiger partial charge is 0.489 e. The minimum atomic E-state index is -2.69. The first-order valence-electron chi connectivity index (χ1n) is 9.30. The Morgan fingerprint density at radius 1 is 1.14 bits per heavy atom. The summed E-state index contributed by atoms with van der Waals surface area (Å²) in [6.45, 7) is 7.79. The van der Waals surface area contributed by atoms with E-state index < -0.39 is 30.6 Å². The number of anilines is 1. The van der Waals surface area contributed by atoms with Crippen LogP contribution >= 0.6 is 0 Å². The van der Waals surface area contributed by atoms with E-state index in [9.17, 15) is 13.2 Å². The highest BCUT2D eigenvalue weighted by Crippen LogP contribution is 2.36. The van der Waals surface area contributed by atoms with Crippen molar-refractivity contribution in [1.82, 2.24) is 4.98 Å². The van der Waals surface area contributed by atoms with E-state index in [1.54, 1.807) is 12.3 Å². The van der Waals surface area contributed by atoms with Crippen LogP contribution in [0.5, 0.6) is 5.75 Å². The van der Waals surface area contributed by atoms with Gasteiger partial charge in [0.1, 0.15) is 5.82 Å². The average Bonchev–Trinajstić information content (AvgIpc) is 2.84. The van der Waals surface area contributed by atoms with Gasteiger partial charge >= 0.3 is 7.12 Å². The molecule has 2 heterocycles. The lowest BCUT2D eigenvalue weighted by atomic mass is 9.80. The molecule has 1 saturated heterocycles. The first-order chi connectivity index (χ1) is 13.5. The number of nitrogen functional groups attached to an aromatic ring is 1. The topological polar surface area (TPSA) is 66.6 Å². The third-order valence-electron chi connectivity index (χ3n) is 5.40. The molecule has 0 aliphatic carbocycles. The summed E-state index contributed by atoms with van der Waals surface area (Å²) in [5.74, 6) is -0.140. The molecule has 2 N–H and O–H groups in total. The molecule has 3 rings (SSSR count). The van der Waals surface area contributed by atoms with Crippen LogP contribution in [-0.4, -0.2) is 29.9 Å². The Morgan fingerprint density at radius 3 is 2.41 bits per heavy atom. The summed E-state index contributed by atoms with van der Waals surface area (Å²) in [5, 5.41) is 0. The van der Waals surface area contributed by atoms with Gasteiger partial charge in [0.2, 0.25) is 0 Å². The third-order valence-corrected chi connectivity index (χ3v) is 5.40. The summed E-state index contributed by atoms with van der Waals surface area (Å²) in [4.78, 5) is 4.12. The fraction of sp³-hybridized carbons (Fsp3) is 0.450. The van der Waals surface area contributed by atoms with Crippen LogP contribution in [0.3, 0.4) is 0 Å². The number of alkyl halides is 2. The number of halogens is 3. The lowest BCUT2D eigenvalue weighted by molar-refractivity contribution is 0.00578. The zero-order valence-electron chi connectivity index (χ0n) is 16.8. The highest BCUT2D eigenvalue weighted by atomic mass is 19.3. The molecule has 1 aliphatic rings. The van der Waals surface area contributed by atoms with Gasteiger partial charge < -0.3 is 19.8 Å². The largest absolute Gasteiger partial charge is 0.496 e. The van der Waals surface area contributed by atoms with Gasteiger partial charge in [0, 0.05) is 23.6 Å². The number of rotatable bonds is 6. The van der Waals surface area contributed by atoms with Crippen LogP contribution in [0.4, 0.5) is 19.0 Å². The minimum Gasteiger partial charge on any atom is -0.489 e. The number of pyridine rings is 1. The predicted molar refractivity (Wildman–Crippen MR) is 105 cm³/mol. The molecule has 0 radical (unpaired) electrons. The summed E-state index contributed by atoms with van der Waals surface area (Å²) in [6, 6.07) is 4.85. The minimum absolute atomic E-state index is 0.0296. The number of hydrogen-bond donors (Lipinski definition) is 1. The molecular formula is C20H24BF3N2O3. The van der Waals surface area contributed by atoms with E-state index in [2.05, 4.69) is 4.98 Å². The first kappa shape index (κ1) is 21.5. The summed E-state index contributed by atoms with van der Waals surface area (Å²) >= 11 is 0. The van der Waals surface area contributed by atoms with Gasteiger partial charge in [-0.3, -0.25) is 0 Å². The molecule has 0 saturated carbocycles. The van der Waals surface area contributed by atoms with Crippen molar-refractivity contribution in [3.63, 3.8) is 0 Å². The quantitative estimate of drug-likeness (QED) is 0.740. The Hall–Kier alpha value is -2.26. The fourth-order valence-electron chi connectivity index (χ4n) is 2.97. The van der Waals surface area contributed by atoms with Crippen LogP contribution in [-0.2, 0) is 15.7 Å². The second-order valence-corrected chi connectivity index (χ2v) is 7.98. The molecule has 9 heteroatoms. The molecule has 0 atom stereocenters. The van der Waals surface area contributed by atoms with Gasteiger partial charge in [-0.05, 0) is 51.5 Å². The van der Waals surface area contributed by atoms with Gasteiger partial charge in [-0.15, -0.1) is 0 Å². The van der Waals surface area contributed by atoms with Crippen molar-refractivity contribution in [3.05, 3.63) is 47.4 Å². The SMILES string of the molecule is CC1(C)OB(c2cnc(N)c(OCCc3cc(F)ccc3C(F)F)c2)OC1(C)C. The Morgan fingerprint density at radius 2 is 1.79 bits per heavy atom. The Kier molecular flexibility index (Phi) is 5.82. The fourth-order valence-corrected chi connectivity index (χ4v) is 2.97. The van der Waals surface area contributed by atoms with E-state index in [-0.39, 0.29) is 35.7 Å². The molecule has 0 amide bonds. The third kappa shape index (κ3) is 4.51. The molecule has 1 aliphatic heterocycles. The number of hydrogen-bond acceptors (Lipinski definition) is 5. The van der Waals surface area contributed by atoms with Gasteiger partial charge in [-0.1, -0.05) is 6.07 Å². The standard InChI is InChI=1S/C20H24BF3N2O3/c1-19(2)20(3,4)29-21(28-19)13-10-16(18(25)26-11-13)27-8-7-12-9-14(22)5-6-15(12)17(23)24/h5-6,9-11,17H,7-8H2,1-4H3,(H2,25,26). The molecular weight excluding hydrogens is 384 g/mol. The second-order valence-electron chi connectivity index (χ2n) is 7.98. The normalized spacial score (nSPS) is 17.7. The van der Waals surface area contributed by atoms with Crippen LogP contribution in [0.15, 0.2) is 30.5 Å². The molecule has 0 spiro atoms. The van der Waals surface area contributed by atoms with Crippen molar-refractivity contribution >= 4 is 18.4 Å². The lowest BCUT2D eigenvalue weighted by Gasteiger charge is -2.32. The van der Waals surface area contributed by atoms with E-state index in [0.29, 0.717) is 5.46 Å². The summed E-state index contributed by atoms with van der Waals surface area (Å²) in [7, 11) is -0.635. The van der Waals surface area contributed by atoms with Crippen molar-refractivity contribution in [1.29, 1.82) is 0 Å². The van der Waals surface area contributed by atoms with E-state index in [0.717, 1.165) is 18.2 Å². The van der Waals surface area contributed by atoms with E-state index >= 15 is 0 Å². The van der Waals surface area contributed by atoms with Gasteiger partial charge in [0.15, 0.2) is 11.6 Å². The molecule has 1 fully saturated rings. The molecule has 0 bridgehead atoms. The van der Waals surface area contributed by atoms with E-state index in [4.69, 9.17) is 19.8 Å². The summed E-state index contributed by atoms with van der Waals surface area (Å²) < 4.78 is 57.3. The van der Waals surface area contributed by atoms with Crippen molar-refractivity contribution in [2.75, 3.05) is 12.3 Å². The molecule has 5 nitrogen and oxygen atoms in total. The molecule has 1 aromatic heterocycles. The van der Waals surface area contributed by atoms with E-state index in [1.807, 2.05) is 27.7 Å². The molecule has 0 unspecified atom stereocenters. The predicted octanol–water partition coefficient (Wildman–Crippen LogP) is 3.66. The number of aromatic nitrogens is 1. The van der Waals surface area contributed by atoms with Gasteiger partial charge in [-0.2, -0.15) is 0 Å². The van der Waals surface area contributed by atoms with Crippen LogP contribution in [0.25, 0.3) is 0 Å². The molecule has 156 valence electrons. The summed E-state index contributed by atoms with van der Waals surface area (Å²) in [6.07, 6.45) is -1.05. The first-order valence-corrected chi connectivity index (χ1v) is 9.30. The Balaban J connectivity index is 1.72. The second kappa shape index (κ2) is 7.87. The highest BCUT2D eigenvalue weighted by Gasteiger charge is 2.51. The van der Waals surface area contributed by atoms with E-state index in [1.165, 1.54) is 0 Å². The van der Waals surface area contributed by atoms with Gasteiger partial charge in [0.25, 0.3) is 6.43 Å². The zero-order chi connectivity index (χ0) is 21.4. The molecule has 29 heavy (non-hydrogen) atoms. The Bertz CT molecular complexity index is 877. The molecule has 1 aromatic carbocycles. The Labute approximate surface area is 168 Å². The summed E-state index contributed by atoms with van der Waals surface area (Å²) in [5.41, 5.74) is 5.46. The van der Waals surface area contributed by atoms with Crippen molar-refractivity contribution < 1.29 is 27.2 Å². The highest BCUT2D eigenvalue weighted by molar-refractivity contribution is 6.62. The maximum Gasteiger partial charge on any atom is 0.496 e. The van der Waals surface area contributed by atoms with Crippen molar-refractivity contribution in [3.8, 4) is 5.75 Å². The zero-order valence-corrected chi connectivity index (χ0v) is 16.8. The van der Waals surface area contributed by atoms with Crippen molar-refractivity contribution in [2.45, 2.75) is 51.7 Å². The maximum atomic E-state index is 13.4. The van der Waals surface area contributed by atoms with Crippen LogP contribution in [0.1, 0.15) is 45.2 Å². The number of ether oxygens (including phenoxy) is 1. The number of nitrogens with zero attached hydrogens (tertiary/aromatic N) is 1. The van der Waals surface area contributed by atoms with Crippen LogP contribution in [0, 0.1) is 5.82 Å². The maximum absolute atomic E-state index is 13.4. The lowest BCUT2D eigenvalue weighted by Crippen LogP contribution is -2.41. The van der Waals surface area contributed by atoms with Crippen LogP contribution < -0.4 is 15.9 Å². The van der Waals surface area contributed by atoms with Gasteiger partial charge in [-0.25, -0.2) is 18.2 Å². The molecule has 2 aromatic rings. The number of benzene rings is 1. The average molecular weight is 408 g/mol. The van der Waals surface area contributed by atoms with Crippen molar-refractivity contribution in [2.24, 2.45) is 0 Å². The number of nitrogens with two attached hydrogens (primary N) is 1. The van der Waals surface area contributed by atoms with Gasteiger partial charge in [0.05, 0.1) is 17.8 Å². The van der Waals surface area contributed by atoms with Crippen LogP contribution in [0.2, 0.25) is 0 Å².